The minimum atomic E-state index is -0.536. The normalized spacial score (nSPS) is 10.3. The number of hydrogen-bond acceptors (Lipinski definition) is 5. The largest absolute Gasteiger partial charge is 0.401 e. The number of anilines is 1. The van der Waals surface area contributed by atoms with Gasteiger partial charge < -0.3 is 4.42 Å². The zero-order valence-corrected chi connectivity index (χ0v) is 10.7. The van der Waals surface area contributed by atoms with E-state index in [1.165, 1.54) is 18.2 Å². The predicted octanol–water partition coefficient (Wildman–Crippen LogP) is 2.52. The minimum Gasteiger partial charge on any atom is -0.401 e. The molecule has 2 aromatic heterocycles. The number of nitrogens with zero attached hydrogens (tertiary/aromatic N) is 3. The van der Waals surface area contributed by atoms with Crippen LogP contribution in [-0.2, 0) is 0 Å². The summed E-state index contributed by atoms with van der Waals surface area (Å²) < 4.78 is 18.3. The number of carbonyl (C=O) groups is 1. The number of nitrogens with one attached hydrogen (secondary N) is 1. The first-order valence-electron chi connectivity index (χ1n) is 6.04. The van der Waals surface area contributed by atoms with Crippen LogP contribution in [0.3, 0.4) is 0 Å². The molecule has 3 rings (SSSR count). The molecule has 0 unspecified atom stereocenters. The molecule has 0 fully saturated rings. The summed E-state index contributed by atoms with van der Waals surface area (Å²) in [4.78, 5) is 15.9. The van der Waals surface area contributed by atoms with E-state index in [0.29, 0.717) is 5.69 Å². The van der Waals surface area contributed by atoms with E-state index >= 15 is 0 Å². The van der Waals surface area contributed by atoms with Gasteiger partial charge in [0.1, 0.15) is 11.5 Å². The number of amides is 1. The lowest BCUT2D eigenvalue weighted by atomic mass is 10.2. The lowest BCUT2D eigenvalue weighted by Crippen LogP contribution is -2.12. The zero-order chi connectivity index (χ0) is 14.7. The third-order valence-corrected chi connectivity index (χ3v) is 2.62. The predicted molar refractivity (Wildman–Crippen MR) is 71.9 cm³/mol. The van der Waals surface area contributed by atoms with Crippen LogP contribution < -0.4 is 5.32 Å². The van der Waals surface area contributed by atoms with Gasteiger partial charge in [-0.3, -0.25) is 15.1 Å². The SMILES string of the molecule is O=C(Nc1nnc(-c2ccccn2)o1)c1cccc(F)c1. The smallest absolute Gasteiger partial charge is 0.322 e. The van der Waals surface area contributed by atoms with Crippen molar-refractivity contribution in [2.45, 2.75) is 0 Å². The summed E-state index contributed by atoms with van der Waals surface area (Å²) >= 11 is 0. The summed E-state index contributed by atoms with van der Waals surface area (Å²) in [5, 5.41) is 9.88. The van der Waals surface area contributed by atoms with Gasteiger partial charge in [0.15, 0.2) is 0 Å². The molecule has 0 bridgehead atoms. The van der Waals surface area contributed by atoms with E-state index < -0.39 is 11.7 Å². The van der Waals surface area contributed by atoms with Crippen molar-refractivity contribution >= 4 is 11.9 Å². The van der Waals surface area contributed by atoms with Crippen LogP contribution in [0, 0.1) is 5.82 Å². The second-order valence-corrected chi connectivity index (χ2v) is 4.09. The van der Waals surface area contributed by atoms with Crippen LogP contribution in [0.4, 0.5) is 10.4 Å². The van der Waals surface area contributed by atoms with Gasteiger partial charge in [-0.05, 0) is 30.3 Å². The topological polar surface area (TPSA) is 80.9 Å². The lowest BCUT2D eigenvalue weighted by molar-refractivity contribution is 0.102. The number of halogens is 1. The summed E-state index contributed by atoms with van der Waals surface area (Å²) in [7, 11) is 0. The van der Waals surface area contributed by atoms with Crippen LogP contribution in [0.2, 0.25) is 0 Å². The Labute approximate surface area is 118 Å². The molecule has 0 atom stereocenters. The van der Waals surface area contributed by atoms with E-state index in [2.05, 4.69) is 20.5 Å². The van der Waals surface area contributed by atoms with E-state index in [9.17, 15) is 9.18 Å². The molecule has 1 aromatic carbocycles. The van der Waals surface area contributed by atoms with Gasteiger partial charge in [0, 0.05) is 11.8 Å². The highest BCUT2D eigenvalue weighted by Crippen LogP contribution is 2.17. The van der Waals surface area contributed by atoms with Crippen LogP contribution in [0.15, 0.2) is 53.1 Å². The first-order chi connectivity index (χ1) is 10.2. The standard InChI is InChI=1S/C14H9FN4O2/c15-10-5-3-4-9(8-10)12(20)17-14-19-18-13(21-14)11-6-1-2-7-16-11/h1-8H,(H,17,19,20). The van der Waals surface area contributed by atoms with E-state index in [1.54, 1.807) is 24.4 Å². The monoisotopic (exact) mass is 284 g/mol. The Kier molecular flexibility index (Phi) is 3.38. The summed E-state index contributed by atoms with van der Waals surface area (Å²) in [6.07, 6.45) is 1.59. The molecule has 0 saturated carbocycles. The van der Waals surface area contributed by atoms with Crippen LogP contribution in [0.1, 0.15) is 10.4 Å². The molecule has 0 aliphatic rings. The minimum absolute atomic E-state index is 0.0788. The van der Waals surface area contributed by atoms with Crippen LogP contribution in [-0.4, -0.2) is 21.1 Å². The molecule has 0 spiro atoms. The number of benzene rings is 1. The summed E-state index contributed by atoms with van der Waals surface area (Å²) in [6, 6.07) is 10.4. The Bertz CT molecular complexity index is 773. The Morgan fingerprint density at radius 3 is 2.81 bits per heavy atom. The Morgan fingerprint density at radius 2 is 2.05 bits per heavy atom. The van der Waals surface area contributed by atoms with Crippen molar-refractivity contribution in [2.24, 2.45) is 0 Å². The quantitative estimate of drug-likeness (QED) is 0.799. The Balaban J connectivity index is 1.77. The Hall–Kier alpha value is -3.09. The molecule has 7 heteroatoms. The molecular weight excluding hydrogens is 275 g/mol. The molecule has 0 aliphatic carbocycles. The average Bonchev–Trinajstić information content (AvgIpc) is 2.97. The fraction of sp³-hybridized carbons (Fsp3) is 0. The maximum Gasteiger partial charge on any atom is 0.322 e. The van der Waals surface area contributed by atoms with Gasteiger partial charge in [-0.2, -0.15) is 0 Å². The highest BCUT2D eigenvalue weighted by molar-refractivity contribution is 6.03. The Morgan fingerprint density at radius 1 is 1.14 bits per heavy atom. The molecule has 0 radical (unpaired) electrons. The zero-order valence-electron chi connectivity index (χ0n) is 10.7. The molecule has 0 saturated heterocycles. The third kappa shape index (κ3) is 2.92. The number of carbonyl (C=O) groups excluding carboxylic acids is 1. The molecule has 104 valence electrons. The van der Waals surface area contributed by atoms with Gasteiger partial charge in [0.25, 0.3) is 11.8 Å². The molecule has 21 heavy (non-hydrogen) atoms. The van der Waals surface area contributed by atoms with E-state index in [0.717, 1.165) is 6.07 Å². The highest BCUT2D eigenvalue weighted by atomic mass is 19.1. The second-order valence-electron chi connectivity index (χ2n) is 4.09. The van der Waals surface area contributed by atoms with E-state index in [4.69, 9.17) is 4.42 Å². The second kappa shape index (κ2) is 5.49. The lowest BCUT2D eigenvalue weighted by Gasteiger charge is -2.00. The fourth-order valence-corrected chi connectivity index (χ4v) is 1.67. The molecule has 6 nitrogen and oxygen atoms in total. The van der Waals surface area contributed by atoms with E-state index in [-0.39, 0.29) is 17.5 Å². The van der Waals surface area contributed by atoms with Crippen molar-refractivity contribution in [3.8, 4) is 11.6 Å². The third-order valence-electron chi connectivity index (χ3n) is 2.62. The maximum atomic E-state index is 13.1. The number of rotatable bonds is 3. The van der Waals surface area contributed by atoms with Crippen molar-refractivity contribution < 1.29 is 13.6 Å². The van der Waals surface area contributed by atoms with Crippen molar-refractivity contribution in [1.82, 2.24) is 15.2 Å². The van der Waals surface area contributed by atoms with Crippen LogP contribution in [0.5, 0.6) is 0 Å². The first kappa shape index (κ1) is 12.9. The molecule has 3 aromatic rings. The maximum absolute atomic E-state index is 13.1. The molecule has 2 heterocycles. The van der Waals surface area contributed by atoms with Crippen LogP contribution in [0.25, 0.3) is 11.6 Å². The number of aromatic nitrogens is 3. The van der Waals surface area contributed by atoms with Gasteiger partial charge in [0.05, 0.1) is 0 Å². The fourth-order valence-electron chi connectivity index (χ4n) is 1.67. The van der Waals surface area contributed by atoms with Gasteiger partial charge in [-0.25, -0.2) is 4.39 Å². The van der Waals surface area contributed by atoms with Crippen molar-refractivity contribution in [3.05, 3.63) is 60.0 Å². The van der Waals surface area contributed by atoms with Gasteiger partial charge in [-0.15, -0.1) is 5.10 Å². The van der Waals surface area contributed by atoms with Gasteiger partial charge >= 0.3 is 6.01 Å². The van der Waals surface area contributed by atoms with Gasteiger partial charge in [-0.1, -0.05) is 17.2 Å². The summed E-state index contributed by atoms with van der Waals surface area (Å²) in [5.41, 5.74) is 0.656. The van der Waals surface area contributed by atoms with Gasteiger partial charge in [0.2, 0.25) is 0 Å². The number of hydrogen-bond donors (Lipinski definition) is 1. The van der Waals surface area contributed by atoms with Crippen molar-refractivity contribution in [1.29, 1.82) is 0 Å². The summed E-state index contributed by atoms with van der Waals surface area (Å²) in [5.74, 6) is -0.849. The molecule has 0 aliphatic heterocycles. The number of pyridine rings is 1. The van der Waals surface area contributed by atoms with Crippen molar-refractivity contribution in [2.75, 3.05) is 5.32 Å². The van der Waals surface area contributed by atoms with Crippen LogP contribution >= 0.6 is 0 Å². The van der Waals surface area contributed by atoms with Crippen molar-refractivity contribution in [3.63, 3.8) is 0 Å². The molecule has 1 amide bonds. The highest BCUT2D eigenvalue weighted by Gasteiger charge is 2.13. The first-order valence-corrected chi connectivity index (χ1v) is 6.04. The average molecular weight is 284 g/mol. The van der Waals surface area contributed by atoms with E-state index in [1.807, 2.05) is 0 Å². The molecule has 1 N–H and O–H groups in total. The summed E-state index contributed by atoms with van der Waals surface area (Å²) in [6.45, 7) is 0. The molecular formula is C14H9FN4O2.